The van der Waals surface area contributed by atoms with Gasteiger partial charge in [0.15, 0.2) is 0 Å². The van der Waals surface area contributed by atoms with Crippen LogP contribution in [0, 0.1) is 0 Å². The molecular formula is C12H28N2. The first kappa shape index (κ1) is 13.9. The minimum Gasteiger partial charge on any atom is -0.298 e. The molecule has 0 amide bonds. The molecule has 86 valence electrons. The van der Waals surface area contributed by atoms with Crippen LogP contribution in [0.4, 0.5) is 0 Å². The van der Waals surface area contributed by atoms with E-state index in [1.54, 1.807) is 0 Å². The predicted octanol–water partition coefficient (Wildman–Crippen LogP) is 2.45. The van der Waals surface area contributed by atoms with Gasteiger partial charge in [0.05, 0.1) is 0 Å². The largest absolute Gasteiger partial charge is 0.298 e. The fourth-order valence-electron chi connectivity index (χ4n) is 1.96. The third-order valence-corrected chi connectivity index (χ3v) is 2.93. The van der Waals surface area contributed by atoms with Crippen LogP contribution in [-0.4, -0.2) is 48.1 Å². The molecule has 1 rings (SSSR count). The SMILES string of the molecule is CC.CCN1CCN(C(C)C)CC1C. The lowest BCUT2D eigenvalue weighted by atomic mass is 10.1. The molecular weight excluding hydrogens is 172 g/mol. The Labute approximate surface area is 90.3 Å². The van der Waals surface area contributed by atoms with Gasteiger partial charge in [-0.25, -0.2) is 0 Å². The molecule has 1 heterocycles. The van der Waals surface area contributed by atoms with Gasteiger partial charge in [0, 0.05) is 31.7 Å². The molecule has 2 heteroatoms. The lowest BCUT2D eigenvalue weighted by Crippen LogP contribution is -2.53. The number of likely N-dealkylation sites (N-methyl/N-ethyl adjacent to an activating group) is 1. The number of hydrogen-bond donors (Lipinski definition) is 0. The zero-order chi connectivity index (χ0) is 11.1. The minimum absolute atomic E-state index is 0.714. The van der Waals surface area contributed by atoms with Crippen molar-refractivity contribution in [1.29, 1.82) is 0 Å². The van der Waals surface area contributed by atoms with Gasteiger partial charge in [-0.1, -0.05) is 20.8 Å². The van der Waals surface area contributed by atoms with Crippen molar-refractivity contribution in [3.63, 3.8) is 0 Å². The van der Waals surface area contributed by atoms with Crippen molar-refractivity contribution in [3.8, 4) is 0 Å². The zero-order valence-electron chi connectivity index (χ0n) is 10.9. The van der Waals surface area contributed by atoms with Crippen molar-refractivity contribution in [1.82, 2.24) is 9.80 Å². The summed E-state index contributed by atoms with van der Waals surface area (Å²) in [6, 6.07) is 1.46. The first-order valence-corrected chi connectivity index (χ1v) is 6.13. The lowest BCUT2D eigenvalue weighted by Gasteiger charge is -2.41. The van der Waals surface area contributed by atoms with Gasteiger partial charge < -0.3 is 0 Å². The molecule has 1 saturated heterocycles. The van der Waals surface area contributed by atoms with E-state index < -0.39 is 0 Å². The molecule has 1 aliphatic rings. The molecule has 1 unspecified atom stereocenters. The van der Waals surface area contributed by atoms with Crippen molar-refractivity contribution < 1.29 is 0 Å². The molecule has 1 aliphatic heterocycles. The Bertz CT molecular complexity index is 134. The Kier molecular flexibility index (Phi) is 7.20. The van der Waals surface area contributed by atoms with E-state index in [0.717, 1.165) is 6.04 Å². The quantitative estimate of drug-likeness (QED) is 0.675. The summed E-state index contributed by atoms with van der Waals surface area (Å²) < 4.78 is 0. The van der Waals surface area contributed by atoms with Crippen molar-refractivity contribution in [3.05, 3.63) is 0 Å². The Hall–Kier alpha value is -0.0800. The van der Waals surface area contributed by atoms with Gasteiger partial charge in [0.2, 0.25) is 0 Å². The topological polar surface area (TPSA) is 6.48 Å². The van der Waals surface area contributed by atoms with Crippen LogP contribution in [0.2, 0.25) is 0 Å². The Morgan fingerprint density at radius 3 is 2.14 bits per heavy atom. The predicted molar refractivity (Wildman–Crippen MR) is 64.8 cm³/mol. The van der Waals surface area contributed by atoms with E-state index in [1.165, 1.54) is 26.2 Å². The van der Waals surface area contributed by atoms with Crippen LogP contribution in [0.5, 0.6) is 0 Å². The van der Waals surface area contributed by atoms with Gasteiger partial charge in [-0.05, 0) is 27.3 Å². The van der Waals surface area contributed by atoms with E-state index in [9.17, 15) is 0 Å². The highest BCUT2D eigenvalue weighted by atomic mass is 15.3. The third kappa shape index (κ3) is 3.97. The summed E-state index contributed by atoms with van der Waals surface area (Å²) >= 11 is 0. The standard InChI is InChI=1S/C10H22N2.C2H6/c1-5-11-6-7-12(9(2)3)8-10(11)4;1-2/h9-10H,5-8H2,1-4H3;1-2H3. The summed E-state index contributed by atoms with van der Waals surface area (Å²) in [4.78, 5) is 5.12. The van der Waals surface area contributed by atoms with Crippen LogP contribution in [0.1, 0.15) is 41.5 Å². The first-order valence-electron chi connectivity index (χ1n) is 6.13. The normalized spacial score (nSPS) is 24.6. The monoisotopic (exact) mass is 200 g/mol. The van der Waals surface area contributed by atoms with E-state index in [1.807, 2.05) is 13.8 Å². The zero-order valence-corrected chi connectivity index (χ0v) is 10.9. The summed E-state index contributed by atoms with van der Waals surface area (Å²) in [5, 5.41) is 0. The van der Waals surface area contributed by atoms with Crippen LogP contribution in [0.15, 0.2) is 0 Å². The maximum Gasteiger partial charge on any atom is 0.0195 e. The summed E-state index contributed by atoms with van der Waals surface area (Å²) in [6.45, 7) is 18.1. The molecule has 1 fully saturated rings. The second-order valence-corrected chi connectivity index (χ2v) is 4.07. The highest BCUT2D eigenvalue weighted by Gasteiger charge is 2.23. The van der Waals surface area contributed by atoms with Crippen molar-refractivity contribution in [2.75, 3.05) is 26.2 Å². The molecule has 2 nitrogen and oxygen atoms in total. The molecule has 1 atom stereocenters. The lowest BCUT2D eigenvalue weighted by molar-refractivity contribution is 0.0687. The Balaban J connectivity index is 0.000000791. The molecule has 0 saturated carbocycles. The molecule has 0 radical (unpaired) electrons. The number of piperazine rings is 1. The Morgan fingerprint density at radius 1 is 1.21 bits per heavy atom. The van der Waals surface area contributed by atoms with Crippen LogP contribution < -0.4 is 0 Å². The number of rotatable bonds is 2. The van der Waals surface area contributed by atoms with Crippen LogP contribution in [0.3, 0.4) is 0 Å². The second-order valence-electron chi connectivity index (χ2n) is 4.07. The van der Waals surface area contributed by atoms with Gasteiger partial charge in [-0.2, -0.15) is 0 Å². The van der Waals surface area contributed by atoms with E-state index >= 15 is 0 Å². The summed E-state index contributed by atoms with van der Waals surface area (Å²) in [6.07, 6.45) is 0. The number of hydrogen-bond acceptors (Lipinski definition) is 2. The number of nitrogens with zero attached hydrogens (tertiary/aromatic N) is 2. The van der Waals surface area contributed by atoms with Crippen LogP contribution >= 0.6 is 0 Å². The van der Waals surface area contributed by atoms with E-state index in [-0.39, 0.29) is 0 Å². The van der Waals surface area contributed by atoms with Crippen molar-refractivity contribution in [2.45, 2.75) is 53.6 Å². The summed E-state index contributed by atoms with van der Waals surface area (Å²) in [5.74, 6) is 0. The van der Waals surface area contributed by atoms with Crippen LogP contribution in [0.25, 0.3) is 0 Å². The van der Waals surface area contributed by atoms with E-state index in [2.05, 4.69) is 37.5 Å². The van der Waals surface area contributed by atoms with Crippen LogP contribution in [-0.2, 0) is 0 Å². The van der Waals surface area contributed by atoms with E-state index in [0.29, 0.717) is 6.04 Å². The molecule has 0 spiro atoms. The maximum absolute atomic E-state index is 2.57. The highest BCUT2D eigenvalue weighted by molar-refractivity contribution is 4.79. The second kappa shape index (κ2) is 7.24. The fourth-order valence-corrected chi connectivity index (χ4v) is 1.96. The van der Waals surface area contributed by atoms with Gasteiger partial charge in [0.25, 0.3) is 0 Å². The van der Waals surface area contributed by atoms with Gasteiger partial charge in [-0.3, -0.25) is 9.80 Å². The molecule has 0 N–H and O–H groups in total. The smallest absolute Gasteiger partial charge is 0.0195 e. The highest BCUT2D eigenvalue weighted by Crippen LogP contribution is 2.10. The van der Waals surface area contributed by atoms with Crippen molar-refractivity contribution >= 4 is 0 Å². The molecule has 0 aromatic heterocycles. The first-order chi connectivity index (χ1) is 6.65. The summed E-state index contributed by atoms with van der Waals surface area (Å²) in [5.41, 5.74) is 0. The van der Waals surface area contributed by atoms with Gasteiger partial charge >= 0.3 is 0 Å². The minimum atomic E-state index is 0.714. The fraction of sp³-hybridized carbons (Fsp3) is 1.00. The Morgan fingerprint density at radius 2 is 1.79 bits per heavy atom. The molecule has 14 heavy (non-hydrogen) atoms. The average Bonchev–Trinajstić information content (AvgIpc) is 2.20. The van der Waals surface area contributed by atoms with Crippen molar-refractivity contribution in [2.24, 2.45) is 0 Å². The van der Waals surface area contributed by atoms with Gasteiger partial charge in [-0.15, -0.1) is 0 Å². The molecule has 0 aromatic carbocycles. The molecule has 0 aliphatic carbocycles. The maximum atomic E-state index is 2.57. The summed E-state index contributed by atoms with van der Waals surface area (Å²) in [7, 11) is 0. The molecule has 0 aromatic rings. The molecule has 0 bridgehead atoms. The van der Waals surface area contributed by atoms with E-state index in [4.69, 9.17) is 0 Å². The average molecular weight is 200 g/mol. The third-order valence-electron chi connectivity index (χ3n) is 2.93. The van der Waals surface area contributed by atoms with Gasteiger partial charge in [0.1, 0.15) is 0 Å².